The van der Waals surface area contributed by atoms with Crippen molar-refractivity contribution in [2.45, 2.75) is 19.1 Å². The van der Waals surface area contributed by atoms with Gasteiger partial charge in [-0.05, 0) is 36.2 Å². The Balaban J connectivity index is 1.65. The number of amides is 1. The molecule has 0 aromatic heterocycles. The molecule has 0 saturated carbocycles. The summed E-state index contributed by atoms with van der Waals surface area (Å²) in [6, 6.07) is 13.0. The van der Waals surface area contributed by atoms with Gasteiger partial charge in [-0.3, -0.25) is 4.79 Å². The molecular weight excluding hydrogens is 321 g/mol. The van der Waals surface area contributed by atoms with E-state index in [1.54, 1.807) is 36.4 Å². The lowest BCUT2D eigenvalue weighted by atomic mass is 10.1. The summed E-state index contributed by atoms with van der Waals surface area (Å²) in [5.74, 6) is 0.0533. The Bertz CT molecular complexity index is 758. The SMILES string of the molecule is O=C(N[C@@H]1C=C[C@H](CO)C1)c1ccccc1OCc1ccc(F)cc1. The Morgan fingerprint density at radius 2 is 1.92 bits per heavy atom. The average molecular weight is 341 g/mol. The topological polar surface area (TPSA) is 58.6 Å². The highest BCUT2D eigenvalue weighted by atomic mass is 19.1. The number of halogens is 1. The molecule has 5 heteroatoms. The van der Waals surface area contributed by atoms with Crippen molar-refractivity contribution in [3.63, 3.8) is 0 Å². The van der Waals surface area contributed by atoms with Crippen LogP contribution in [0.1, 0.15) is 22.3 Å². The van der Waals surface area contributed by atoms with Gasteiger partial charge in [-0.2, -0.15) is 0 Å². The van der Waals surface area contributed by atoms with E-state index in [4.69, 9.17) is 9.84 Å². The molecule has 2 atom stereocenters. The summed E-state index contributed by atoms with van der Waals surface area (Å²) in [6.07, 6.45) is 4.52. The number of para-hydroxylation sites is 1. The van der Waals surface area contributed by atoms with Crippen LogP contribution in [-0.2, 0) is 6.61 Å². The van der Waals surface area contributed by atoms with Crippen molar-refractivity contribution in [2.24, 2.45) is 5.92 Å². The Morgan fingerprint density at radius 3 is 2.64 bits per heavy atom. The van der Waals surface area contributed by atoms with Gasteiger partial charge in [0.15, 0.2) is 0 Å². The molecule has 1 aliphatic rings. The number of nitrogens with one attached hydrogen (secondary N) is 1. The molecule has 0 saturated heterocycles. The number of benzene rings is 2. The monoisotopic (exact) mass is 341 g/mol. The van der Waals surface area contributed by atoms with Gasteiger partial charge in [-0.1, -0.05) is 36.4 Å². The zero-order valence-corrected chi connectivity index (χ0v) is 13.7. The van der Waals surface area contributed by atoms with E-state index in [0.29, 0.717) is 17.7 Å². The van der Waals surface area contributed by atoms with Crippen LogP contribution < -0.4 is 10.1 Å². The second-order valence-electron chi connectivity index (χ2n) is 6.05. The third-order valence-electron chi connectivity index (χ3n) is 4.16. The van der Waals surface area contributed by atoms with Crippen LogP contribution in [0, 0.1) is 11.7 Å². The van der Waals surface area contributed by atoms with Gasteiger partial charge in [0, 0.05) is 18.6 Å². The normalized spacial score (nSPS) is 19.0. The molecule has 2 N–H and O–H groups in total. The molecule has 2 aromatic carbocycles. The van der Waals surface area contributed by atoms with Crippen molar-refractivity contribution in [3.8, 4) is 5.75 Å². The van der Waals surface area contributed by atoms with Crippen molar-refractivity contribution in [3.05, 3.63) is 77.6 Å². The molecule has 0 spiro atoms. The van der Waals surface area contributed by atoms with Crippen LogP contribution in [0.25, 0.3) is 0 Å². The summed E-state index contributed by atoms with van der Waals surface area (Å²) >= 11 is 0. The largest absolute Gasteiger partial charge is 0.488 e. The molecule has 0 fully saturated rings. The van der Waals surface area contributed by atoms with E-state index in [9.17, 15) is 9.18 Å². The highest BCUT2D eigenvalue weighted by Crippen LogP contribution is 2.22. The van der Waals surface area contributed by atoms with E-state index in [1.807, 2.05) is 12.2 Å². The number of carbonyl (C=O) groups is 1. The van der Waals surface area contributed by atoms with Gasteiger partial charge in [-0.15, -0.1) is 0 Å². The number of aliphatic hydroxyl groups excluding tert-OH is 1. The van der Waals surface area contributed by atoms with Crippen LogP contribution in [-0.4, -0.2) is 23.7 Å². The van der Waals surface area contributed by atoms with E-state index in [-0.39, 0.29) is 36.9 Å². The molecule has 0 heterocycles. The maximum absolute atomic E-state index is 13.0. The molecule has 4 nitrogen and oxygen atoms in total. The minimum atomic E-state index is -0.297. The van der Waals surface area contributed by atoms with Gasteiger partial charge in [-0.25, -0.2) is 4.39 Å². The van der Waals surface area contributed by atoms with E-state index in [0.717, 1.165) is 5.56 Å². The first-order valence-electron chi connectivity index (χ1n) is 8.22. The minimum Gasteiger partial charge on any atom is -0.488 e. The van der Waals surface area contributed by atoms with Gasteiger partial charge in [0.05, 0.1) is 5.56 Å². The summed E-state index contributed by atoms with van der Waals surface area (Å²) in [6.45, 7) is 0.334. The molecule has 0 bridgehead atoms. The number of rotatable bonds is 6. The summed E-state index contributed by atoms with van der Waals surface area (Å²) < 4.78 is 18.7. The van der Waals surface area contributed by atoms with Crippen molar-refractivity contribution in [1.82, 2.24) is 5.32 Å². The van der Waals surface area contributed by atoms with Crippen LogP contribution in [0.15, 0.2) is 60.7 Å². The lowest BCUT2D eigenvalue weighted by Gasteiger charge is -2.15. The number of hydrogen-bond donors (Lipinski definition) is 2. The van der Waals surface area contributed by atoms with Crippen molar-refractivity contribution in [1.29, 1.82) is 0 Å². The van der Waals surface area contributed by atoms with Crippen molar-refractivity contribution >= 4 is 5.91 Å². The molecule has 3 rings (SSSR count). The highest BCUT2D eigenvalue weighted by molar-refractivity contribution is 5.97. The maximum Gasteiger partial charge on any atom is 0.255 e. The molecule has 0 aliphatic heterocycles. The Hall–Kier alpha value is -2.66. The predicted molar refractivity (Wildman–Crippen MR) is 92.8 cm³/mol. The molecule has 0 unspecified atom stereocenters. The van der Waals surface area contributed by atoms with Crippen molar-refractivity contribution in [2.75, 3.05) is 6.61 Å². The maximum atomic E-state index is 13.0. The lowest BCUT2D eigenvalue weighted by molar-refractivity contribution is 0.0936. The second-order valence-corrected chi connectivity index (χ2v) is 6.05. The lowest BCUT2D eigenvalue weighted by Crippen LogP contribution is -2.33. The summed E-state index contributed by atoms with van der Waals surface area (Å²) in [5, 5.41) is 12.1. The Morgan fingerprint density at radius 1 is 1.16 bits per heavy atom. The Kier molecular flexibility index (Phi) is 5.46. The quantitative estimate of drug-likeness (QED) is 0.794. The fourth-order valence-corrected chi connectivity index (χ4v) is 2.78. The van der Waals surface area contributed by atoms with Gasteiger partial charge in [0.25, 0.3) is 5.91 Å². The van der Waals surface area contributed by atoms with E-state index >= 15 is 0 Å². The second kappa shape index (κ2) is 7.94. The molecular formula is C20H20FNO3. The summed E-state index contributed by atoms with van der Waals surface area (Å²) in [5.41, 5.74) is 1.27. The van der Waals surface area contributed by atoms with Gasteiger partial charge in [0.2, 0.25) is 0 Å². The zero-order chi connectivity index (χ0) is 17.6. The van der Waals surface area contributed by atoms with Gasteiger partial charge >= 0.3 is 0 Å². The van der Waals surface area contributed by atoms with Crippen molar-refractivity contribution < 1.29 is 19.0 Å². The summed E-state index contributed by atoms with van der Waals surface area (Å²) in [7, 11) is 0. The molecule has 1 amide bonds. The first-order valence-corrected chi connectivity index (χ1v) is 8.22. The van der Waals surface area contributed by atoms with E-state index in [2.05, 4.69) is 5.32 Å². The smallest absolute Gasteiger partial charge is 0.255 e. The summed E-state index contributed by atoms with van der Waals surface area (Å²) in [4.78, 5) is 12.5. The van der Waals surface area contributed by atoms with E-state index < -0.39 is 0 Å². The van der Waals surface area contributed by atoms with Crippen LogP contribution in [0.5, 0.6) is 5.75 Å². The third kappa shape index (κ3) is 4.45. The molecule has 25 heavy (non-hydrogen) atoms. The molecule has 2 aromatic rings. The number of aliphatic hydroxyl groups is 1. The molecule has 1 aliphatic carbocycles. The fourth-order valence-electron chi connectivity index (χ4n) is 2.78. The minimum absolute atomic E-state index is 0.0836. The number of hydrogen-bond acceptors (Lipinski definition) is 3. The number of carbonyl (C=O) groups excluding carboxylic acids is 1. The number of ether oxygens (including phenoxy) is 1. The predicted octanol–water partition coefficient (Wildman–Crippen LogP) is 3.07. The third-order valence-corrected chi connectivity index (χ3v) is 4.16. The molecule has 130 valence electrons. The van der Waals surface area contributed by atoms with Crippen LogP contribution in [0.2, 0.25) is 0 Å². The first-order chi connectivity index (χ1) is 12.2. The Labute approximate surface area is 145 Å². The fraction of sp³-hybridized carbons (Fsp3) is 0.250. The van der Waals surface area contributed by atoms with Gasteiger partial charge < -0.3 is 15.2 Å². The van der Waals surface area contributed by atoms with Crippen LogP contribution >= 0.6 is 0 Å². The average Bonchev–Trinajstić information content (AvgIpc) is 3.09. The zero-order valence-electron chi connectivity index (χ0n) is 13.7. The first kappa shape index (κ1) is 17.2. The van der Waals surface area contributed by atoms with Crippen LogP contribution in [0.3, 0.4) is 0 Å². The van der Waals surface area contributed by atoms with E-state index in [1.165, 1.54) is 12.1 Å². The van der Waals surface area contributed by atoms with Crippen LogP contribution in [0.4, 0.5) is 4.39 Å². The molecule has 0 radical (unpaired) electrons. The van der Waals surface area contributed by atoms with Gasteiger partial charge in [0.1, 0.15) is 18.2 Å². The standard InChI is InChI=1S/C20H20FNO3/c21-16-8-5-14(6-9-16)13-25-19-4-2-1-3-18(19)20(24)22-17-10-7-15(11-17)12-23/h1-10,15,17,23H,11-13H2,(H,22,24)/t15-,17+/m0/s1. The highest BCUT2D eigenvalue weighted by Gasteiger charge is 2.21.